The molecule has 0 saturated carbocycles. The van der Waals surface area contributed by atoms with Crippen LogP contribution in [0.2, 0.25) is 5.02 Å². The van der Waals surface area contributed by atoms with Crippen LogP contribution in [0.15, 0.2) is 54.6 Å². The third-order valence-corrected chi connectivity index (χ3v) is 6.30. The molecule has 0 spiro atoms. The van der Waals surface area contributed by atoms with Crippen LogP contribution >= 0.6 is 11.6 Å². The van der Waals surface area contributed by atoms with E-state index in [-0.39, 0.29) is 13.1 Å². The monoisotopic (exact) mass is 481 g/mol. The van der Waals surface area contributed by atoms with E-state index in [1.165, 1.54) is 19.1 Å². The van der Waals surface area contributed by atoms with Gasteiger partial charge in [0, 0.05) is 32.3 Å². The predicted molar refractivity (Wildman–Crippen MR) is 124 cm³/mol. The molecule has 0 unspecified atom stereocenters. The number of rotatable bonds is 11. The Morgan fingerprint density at radius 2 is 1.72 bits per heavy atom. The van der Waals surface area contributed by atoms with Gasteiger partial charge in [0.05, 0.1) is 19.4 Å². The number of hydrogen-bond acceptors (Lipinski definition) is 5. The van der Waals surface area contributed by atoms with Crippen molar-refractivity contribution in [1.82, 2.24) is 14.5 Å². The second kappa shape index (κ2) is 12.0. The number of halogens is 1. The standard InChI is InChI=1S/C22H28ClN3O5S/c1-25(32(3,29)30)16-20(27)26(15-17-9-11-19(23)12-10-17)21(18-7-5-4-6-8-18)22(28)24-13-14-31-2/h4-12,21H,13-16H2,1-3H3,(H,24,28)/t21-/m1/s1. The van der Waals surface area contributed by atoms with Gasteiger partial charge in [-0.15, -0.1) is 0 Å². The van der Waals surface area contributed by atoms with Gasteiger partial charge >= 0.3 is 0 Å². The molecule has 174 valence electrons. The largest absolute Gasteiger partial charge is 0.383 e. The van der Waals surface area contributed by atoms with Crippen molar-refractivity contribution in [3.05, 3.63) is 70.7 Å². The number of nitrogens with one attached hydrogen (secondary N) is 1. The highest BCUT2D eigenvalue weighted by molar-refractivity contribution is 7.88. The third-order valence-electron chi connectivity index (χ3n) is 4.79. The molecule has 2 aromatic carbocycles. The van der Waals surface area contributed by atoms with E-state index in [4.69, 9.17) is 16.3 Å². The Hall–Kier alpha value is -2.46. The summed E-state index contributed by atoms with van der Waals surface area (Å²) < 4.78 is 29.7. The summed E-state index contributed by atoms with van der Waals surface area (Å²) >= 11 is 5.98. The fourth-order valence-electron chi connectivity index (χ4n) is 2.99. The number of sulfonamides is 1. The molecule has 0 fully saturated rings. The summed E-state index contributed by atoms with van der Waals surface area (Å²) in [6.07, 6.45) is 1.02. The number of nitrogens with zero attached hydrogens (tertiary/aromatic N) is 2. The van der Waals surface area contributed by atoms with E-state index in [0.29, 0.717) is 17.2 Å². The molecule has 10 heteroatoms. The first kappa shape index (κ1) is 25.8. The fourth-order valence-corrected chi connectivity index (χ4v) is 3.46. The lowest BCUT2D eigenvalue weighted by Gasteiger charge is -2.32. The maximum absolute atomic E-state index is 13.3. The molecular weight excluding hydrogens is 454 g/mol. The Labute approximate surface area is 194 Å². The van der Waals surface area contributed by atoms with Gasteiger partial charge < -0.3 is 15.0 Å². The molecule has 1 atom stereocenters. The number of hydrogen-bond donors (Lipinski definition) is 1. The van der Waals surface area contributed by atoms with Gasteiger partial charge in [-0.05, 0) is 23.3 Å². The molecule has 2 amide bonds. The molecular formula is C22H28ClN3O5S. The highest BCUT2D eigenvalue weighted by Crippen LogP contribution is 2.25. The zero-order valence-electron chi connectivity index (χ0n) is 18.3. The molecule has 0 aliphatic rings. The average molecular weight is 482 g/mol. The first-order valence-corrected chi connectivity index (χ1v) is 12.1. The number of ether oxygens (including phenoxy) is 1. The van der Waals surface area contributed by atoms with Gasteiger partial charge in [-0.1, -0.05) is 54.1 Å². The molecule has 1 N–H and O–H groups in total. The Morgan fingerprint density at radius 3 is 2.28 bits per heavy atom. The van der Waals surface area contributed by atoms with Crippen molar-refractivity contribution >= 4 is 33.4 Å². The first-order chi connectivity index (χ1) is 15.1. The molecule has 0 heterocycles. The van der Waals surface area contributed by atoms with E-state index in [2.05, 4.69) is 5.32 Å². The summed E-state index contributed by atoms with van der Waals surface area (Å²) in [5.74, 6) is -0.902. The first-order valence-electron chi connectivity index (χ1n) is 9.90. The van der Waals surface area contributed by atoms with Crippen molar-refractivity contribution in [2.75, 3.05) is 40.1 Å². The smallest absolute Gasteiger partial charge is 0.247 e. The van der Waals surface area contributed by atoms with E-state index >= 15 is 0 Å². The Balaban J connectivity index is 2.45. The molecule has 0 radical (unpaired) electrons. The maximum atomic E-state index is 13.3. The summed E-state index contributed by atoms with van der Waals surface area (Å²) in [5, 5.41) is 3.33. The van der Waals surface area contributed by atoms with Crippen LogP contribution in [-0.2, 0) is 30.9 Å². The molecule has 8 nitrogen and oxygen atoms in total. The summed E-state index contributed by atoms with van der Waals surface area (Å²) in [6, 6.07) is 14.8. The topological polar surface area (TPSA) is 96.0 Å². The summed E-state index contributed by atoms with van der Waals surface area (Å²) in [7, 11) is -0.737. The van der Waals surface area contributed by atoms with Crippen molar-refractivity contribution in [2.24, 2.45) is 0 Å². The lowest BCUT2D eigenvalue weighted by Crippen LogP contribution is -2.47. The van der Waals surface area contributed by atoms with E-state index in [1.807, 2.05) is 6.07 Å². The van der Waals surface area contributed by atoms with Crippen molar-refractivity contribution in [3.8, 4) is 0 Å². The van der Waals surface area contributed by atoms with E-state index < -0.39 is 34.4 Å². The van der Waals surface area contributed by atoms with Crippen LogP contribution in [0.1, 0.15) is 17.2 Å². The molecule has 0 aromatic heterocycles. The molecule has 0 aliphatic carbocycles. The lowest BCUT2D eigenvalue weighted by atomic mass is 10.0. The average Bonchev–Trinajstić information content (AvgIpc) is 2.75. The Morgan fingerprint density at radius 1 is 1.09 bits per heavy atom. The summed E-state index contributed by atoms with van der Waals surface area (Å²) in [4.78, 5) is 27.9. The zero-order chi connectivity index (χ0) is 23.7. The van der Waals surface area contributed by atoms with Crippen LogP contribution in [0.25, 0.3) is 0 Å². The van der Waals surface area contributed by atoms with Crippen LogP contribution in [0, 0.1) is 0 Å². The quantitative estimate of drug-likeness (QED) is 0.495. The molecule has 0 saturated heterocycles. The van der Waals surface area contributed by atoms with Crippen LogP contribution in [0.5, 0.6) is 0 Å². The maximum Gasteiger partial charge on any atom is 0.247 e. The molecule has 0 aliphatic heterocycles. The second-order valence-electron chi connectivity index (χ2n) is 7.26. The fraction of sp³-hybridized carbons (Fsp3) is 0.364. The van der Waals surface area contributed by atoms with Crippen LogP contribution in [0.4, 0.5) is 0 Å². The highest BCUT2D eigenvalue weighted by Gasteiger charge is 2.32. The third kappa shape index (κ3) is 7.59. The Kier molecular flexibility index (Phi) is 9.64. The van der Waals surface area contributed by atoms with Gasteiger partial charge in [0.1, 0.15) is 6.04 Å². The minimum absolute atomic E-state index is 0.0882. The van der Waals surface area contributed by atoms with E-state index in [0.717, 1.165) is 16.1 Å². The van der Waals surface area contributed by atoms with Gasteiger partial charge in [-0.25, -0.2) is 8.42 Å². The van der Waals surface area contributed by atoms with Crippen molar-refractivity contribution in [1.29, 1.82) is 0 Å². The molecule has 32 heavy (non-hydrogen) atoms. The van der Waals surface area contributed by atoms with Gasteiger partial charge in [-0.2, -0.15) is 4.31 Å². The van der Waals surface area contributed by atoms with E-state index in [1.54, 1.807) is 48.5 Å². The number of amides is 2. The van der Waals surface area contributed by atoms with Crippen LogP contribution < -0.4 is 5.32 Å². The second-order valence-corrected chi connectivity index (χ2v) is 9.79. The van der Waals surface area contributed by atoms with Crippen LogP contribution in [-0.4, -0.2) is 69.5 Å². The molecule has 2 rings (SSSR count). The number of likely N-dealkylation sites (N-methyl/N-ethyl adjacent to an activating group) is 1. The number of benzene rings is 2. The lowest BCUT2D eigenvalue weighted by molar-refractivity contribution is -0.141. The SMILES string of the molecule is COCCNC(=O)[C@@H](c1ccccc1)N(Cc1ccc(Cl)cc1)C(=O)CN(C)S(C)(=O)=O. The van der Waals surface area contributed by atoms with Gasteiger partial charge in [0.2, 0.25) is 21.8 Å². The number of methoxy groups -OCH3 is 1. The molecule has 2 aromatic rings. The van der Waals surface area contributed by atoms with Crippen LogP contribution in [0.3, 0.4) is 0 Å². The van der Waals surface area contributed by atoms with E-state index in [9.17, 15) is 18.0 Å². The predicted octanol–water partition coefficient (Wildman–Crippen LogP) is 2.06. The minimum atomic E-state index is -3.59. The van der Waals surface area contributed by atoms with Crippen molar-refractivity contribution in [3.63, 3.8) is 0 Å². The zero-order valence-corrected chi connectivity index (χ0v) is 19.9. The van der Waals surface area contributed by atoms with Gasteiger partial charge in [0.15, 0.2) is 0 Å². The van der Waals surface area contributed by atoms with Crippen molar-refractivity contribution < 1.29 is 22.7 Å². The summed E-state index contributed by atoms with van der Waals surface area (Å²) in [5.41, 5.74) is 1.35. The highest BCUT2D eigenvalue weighted by atomic mass is 35.5. The summed E-state index contributed by atoms with van der Waals surface area (Å²) in [6.45, 7) is 0.270. The normalized spacial score (nSPS) is 12.4. The number of carbonyl (C=O) groups excluding carboxylic acids is 2. The minimum Gasteiger partial charge on any atom is -0.383 e. The number of carbonyl (C=O) groups is 2. The van der Waals surface area contributed by atoms with Gasteiger partial charge in [-0.3, -0.25) is 9.59 Å². The Bertz CT molecular complexity index is 1000. The van der Waals surface area contributed by atoms with Gasteiger partial charge in [0.25, 0.3) is 0 Å². The van der Waals surface area contributed by atoms with Crippen molar-refractivity contribution in [2.45, 2.75) is 12.6 Å². The molecule has 0 bridgehead atoms.